The fourth-order valence-electron chi connectivity index (χ4n) is 2.34. The molecule has 1 aliphatic rings. The largest absolute Gasteiger partial charge is 0.361 e. The minimum Gasteiger partial charge on any atom is -0.361 e. The molecule has 0 aliphatic carbocycles. The number of aryl methyl sites for hydroxylation is 1. The first-order valence-electron chi connectivity index (χ1n) is 6.79. The van der Waals surface area contributed by atoms with E-state index in [1.165, 1.54) is 0 Å². The molecule has 1 amide bonds. The molecule has 1 aliphatic heterocycles. The predicted octanol–water partition coefficient (Wildman–Crippen LogP) is 2.33. The van der Waals surface area contributed by atoms with Gasteiger partial charge in [-0.15, -0.1) is 0 Å². The molecule has 22 heavy (non-hydrogen) atoms. The fourth-order valence-corrected chi connectivity index (χ4v) is 2.97. The van der Waals surface area contributed by atoms with Crippen molar-refractivity contribution < 1.29 is 13.8 Å². The van der Waals surface area contributed by atoms with Crippen molar-refractivity contribution in [3.05, 3.63) is 40.2 Å². The molecule has 112 valence electrons. The lowest BCUT2D eigenvalue weighted by Crippen LogP contribution is -2.48. The number of hydrogen-bond donors (Lipinski definition) is 0. The molecule has 0 radical (unpaired) electrons. The molecule has 7 nitrogen and oxygen atoms in total. The molecule has 0 atom stereocenters. The summed E-state index contributed by atoms with van der Waals surface area (Å²) in [4.78, 5) is 18.2. The molecule has 3 aromatic heterocycles. The van der Waals surface area contributed by atoms with Crippen LogP contribution in [0.25, 0.3) is 11.4 Å². The maximum Gasteiger partial charge on any atom is 0.276 e. The molecule has 1 saturated heterocycles. The second-order valence-corrected chi connectivity index (χ2v) is 5.98. The highest BCUT2D eigenvalue weighted by molar-refractivity contribution is 7.08. The first kappa shape index (κ1) is 13.2. The van der Waals surface area contributed by atoms with Crippen molar-refractivity contribution in [2.75, 3.05) is 13.1 Å². The number of aromatic nitrogens is 3. The van der Waals surface area contributed by atoms with E-state index >= 15 is 0 Å². The summed E-state index contributed by atoms with van der Waals surface area (Å²) in [5.74, 6) is 1.73. The van der Waals surface area contributed by atoms with Crippen LogP contribution >= 0.6 is 11.3 Å². The Hall–Kier alpha value is -2.48. The summed E-state index contributed by atoms with van der Waals surface area (Å²) in [5.41, 5.74) is 1.28. The Bertz CT molecular complexity index is 802. The Morgan fingerprint density at radius 1 is 1.36 bits per heavy atom. The molecular formula is C14H12N4O3S. The maximum absolute atomic E-state index is 12.1. The molecule has 0 unspecified atom stereocenters. The van der Waals surface area contributed by atoms with Gasteiger partial charge in [-0.1, -0.05) is 10.3 Å². The lowest BCUT2D eigenvalue weighted by Gasteiger charge is -2.36. The standard InChI is InChI=1S/C14H12N4O3S/c1-8-4-11(16-20-8)14(19)18-5-10(6-18)13-15-12(17-21-13)9-2-3-22-7-9/h2-4,7,10H,5-6H2,1H3. The van der Waals surface area contributed by atoms with Gasteiger partial charge in [-0.2, -0.15) is 16.3 Å². The summed E-state index contributed by atoms with van der Waals surface area (Å²) in [6.07, 6.45) is 0. The highest BCUT2D eigenvalue weighted by Crippen LogP contribution is 2.29. The minimum atomic E-state index is -0.134. The first-order valence-corrected chi connectivity index (χ1v) is 7.74. The van der Waals surface area contributed by atoms with Crippen LogP contribution in [0.1, 0.15) is 28.1 Å². The van der Waals surface area contributed by atoms with Crippen molar-refractivity contribution in [3.63, 3.8) is 0 Å². The molecule has 0 aromatic carbocycles. The molecule has 0 N–H and O–H groups in total. The van der Waals surface area contributed by atoms with Crippen LogP contribution in [0.3, 0.4) is 0 Å². The van der Waals surface area contributed by atoms with Crippen LogP contribution < -0.4 is 0 Å². The Balaban J connectivity index is 1.42. The number of carbonyl (C=O) groups excluding carboxylic acids is 1. The van der Waals surface area contributed by atoms with E-state index in [0.717, 1.165) is 5.56 Å². The van der Waals surface area contributed by atoms with Gasteiger partial charge in [0, 0.05) is 30.1 Å². The third-order valence-corrected chi connectivity index (χ3v) is 4.27. The number of rotatable bonds is 3. The second kappa shape index (κ2) is 5.06. The van der Waals surface area contributed by atoms with E-state index in [-0.39, 0.29) is 11.8 Å². The van der Waals surface area contributed by atoms with Crippen molar-refractivity contribution in [1.29, 1.82) is 0 Å². The second-order valence-electron chi connectivity index (χ2n) is 5.20. The van der Waals surface area contributed by atoms with E-state index in [1.54, 1.807) is 29.2 Å². The number of nitrogens with zero attached hydrogens (tertiary/aromatic N) is 4. The van der Waals surface area contributed by atoms with Gasteiger partial charge >= 0.3 is 0 Å². The highest BCUT2D eigenvalue weighted by atomic mass is 32.1. The lowest BCUT2D eigenvalue weighted by atomic mass is 9.99. The normalized spacial score (nSPS) is 15.0. The SMILES string of the molecule is Cc1cc(C(=O)N2CC(c3nc(-c4ccsc4)no3)C2)no1. The zero-order chi connectivity index (χ0) is 15.1. The fraction of sp³-hybridized carbons (Fsp3) is 0.286. The molecule has 3 aromatic rings. The Morgan fingerprint density at radius 3 is 2.91 bits per heavy atom. The van der Waals surface area contributed by atoms with Gasteiger partial charge in [-0.25, -0.2) is 0 Å². The van der Waals surface area contributed by atoms with Gasteiger partial charge < -0.3 is 13.9 Å². The number of thiophene rings is 1. The highest BCUT2D eigenvalue weighted by Gasteiger charge is 2.37. The van der Waals surface area contributed by atoms with Gasteiger partial charge in [0.15, 0.2) is 5.69 Å². The summed E-state index contributed by atoms with van der Waals surface area (Å²) in [6, 6.07) is 3.58. The van der Waals surface area contributed by atoms with Gasteiger partial charge in [0.25, 0.3) is 5.91 Å². The molecule has 4 rings (SSSR count). The van der Waals surface area contributed by atoms with E-state index in [2.05, 4.69) is 15.3 Å². The smallest absolute Gasteiger partial charge is 0.276 e. The van der Waals surface area contributed by atoms with E-state index in [0.29, 0.717) is 36.3 Å². The predicted molar refractivity (Wildman–Crippen MR) is 77.5 cm³/mol. The quantitative estimate of drug-likeness (QED) is 0.737. The van der Waals surface area contributed by atoms with Crippen LogP contribution in [0.4, 0.5) is 0 Å². The number of carbonyl (C=O) groups is 1. The molecule has 8 heteroatoms. The molecular weight excluding hydrogens is 304 g/mol. The molecule has 4 heterocycles. The zero-order valence-corrected chi connectivity index (χ0v) is 12.5. The summed E-state index contributed by atoms with van der Waals surface area (Å²) in [5, 5.41) is 11.7. The van der Waals surface area contributed by atoms with Crippen LogP contribution in [0.2, 0.25) is 0 Å². The average molecular weight is 316 g/mol. The number of likely N-dealkylation sites (tertiary alicyclic amines) is 1. The first-order chi connectivity index (χ1) is 10.7. The molecule has 0 bridgehead atoms. The van der Waals surface area contributed by atoms with Gasteiger partial charge in [-0.05, 0) is 18.4 Å². The Labute approximate surface area is 129 Å². The minimum absolute atomic E-state index is 0.0804. The van der Waals surface area contributed by atoms with E-state index in [9.17, 15) is 4.79 Å². The molecule has 1 fully saturated rings. The average Bonchev–Trinajstić information content (AvgIpc) is 3.17. The van der Waals surface area contributed by atoms with E-state index in [4.69, 9.17) is 9.05 Å². The van der Waals surface area contributed by atoms with Crippen LogP contribution in [0, 0.1) is 6.92 Å². The van der Waals surface area contributed by atoms with Crippen molar-refractivity contribution in [2.24, 2.45) is 0 Å². The van der Waals surface area contributed by atoms with Crippen LogP contribution in [0.5, 0.6) is 0 Å². The third kappa shape index (κ3) is 2.21. The topological polar surface area (TPSA) is 85.3 Å². The van der Waals surface area contributed by atoms with Crippen molar-refractivity contribution in [3.8, 4) is 11.4 Å². The third-order valence-electron chi connectivity index (χ3n) is 3.59. The van der Waals surface area contributed by atoms with Gasteiger partial charge in [0.1, 0.15) is 5.76 Å². The number of hydrogen-bond acceptors (Lipinski definition) is 7. The van der Waals surface area contributed by atoms with Gasteiger partial charge in [0.2, 0.25) is 11.7 Å². The van der Waals surface area contributed by atoms with Crippen LogP contribution in [-0.2, 0) is 0 Å². The maximum atomic E-state index is 12.1. The Kier molecular flexibility index (Phi) is 3.04. The summed E-state index contributed by atoms with van der Waals surface area (Å²) < 4.78 is 10.2. The van der Waals surface area contributed by atoms with E-state index < -0.39 is 0 Å². The van der Waals surface area contributed by atoms with Gasteiger partial charge in [0.05, 0.1) is 5.92 Å². The lowest BCUT2D eigenvalue weighted by molar-refractivity contribution is 0.0558. The molecule has 0 spiro atoms. The molecule has 0 saturated carbocycles. The van der Waals surface area contributed by atoms with Crippen molar-refractivity contribution in [1.82, 2.24) is 20.2 Å². The van der Waals surface area contributed by atoms with Crippen molar-refractivity contribution in [2.45, 2.75) is 12.8 Å². The van der Waals surface area contributed by atoms with Crippen LogP contribution in [-0.4, -0.2) is 39.2 Å². The van der Waals surface area contributed by atoms with Crippen LogP contribution in [0.15, 0.2) is 31.9 Å². The van der Waals surface area contributed by atoms with Crippen molar-refractivity contribution >= 4 is 17.2 Å². The monoisotopic (exact) mass is 316 g/mol. The zero-order valence-electron chi connectivity index (χ0n) is 11.7. The number of amides is 1. The van der Waals surface area contributed by atoms with E-state index in [1.807, 2.05) is 16.8 Å². The van der Waals surface area contributed by atoms with Gasteiger partial charge in [-0.3, -0.25) is 4.79 Å². The summed E-state index contributed by atoms with van der Waals surface area (Å²) >= 11 is 1.59. The summed E-state index contributed by atoms with van der Waals surface area (Å²) in [7, 11) is 0. The Morgan fingerprint density at radius 2 is 2.23 bits per heavy atom. The summed E-state index contributed by atoms with van der Waals surface area (Å²) in [6.45, 7) is 2.86.